The molecular weight excluding hydrogens is 370 g/mol. The molecule has 0 fully saturated rings. The first kappa shape index (κ1) is 18.5. The number of nitrogens with zero attached hydrogens (tertiary/aromatic N) is 4. The molecule has 0 saturated carbocycles. The van der Waals surface area contributed by atoms with Gasteiger partial charge in [0.25, 0.3) is 0 Å². The fourth-order valence-electron chi connectivity index (χ4n) is 2.39. The lowest BCUT2D eigenvalue weighted by Crippen LogP contribution is -2.18. The minimum atomic E-state index is -0.483. The highest BCUT2D eigenvalue weighted by Crippen LogP contribution is 2.22. The molecule has 5 N–H and O–H groups in total. The lowest BCUT2D eigenvalue weighted by Gasteiger charge is -2.10. The van der Waals surface area contributed by atoms with E-state index < -0.39 is 5.91 Å². The summed E-state index contributed by atoms with van der Waals surface area (Å²) in [5.41, 5.74) is 6.58. The summed E-state index contributed by atoms with van der Waals surface area (Å²) in [5, 5.41) is 20.3. The van der Waals surface area contributed by atoms with Crippen LogP contribution in [0.1, 0.15) is 5.56 Å². The van der Waals surface area contributed by atoms with Gasteiger partial charge in [0, 0.05) is 12.7 Å². The van der Waals surface area contributed by atoms with E-state index in [1.54, 1.807) is 18.3 Å². The van der Waals surface area contributed by atoms with Crippen LogP contribution in [0, 0.1) is 0 Å². The molecule has 3 aromatic rings. The molecule has 0 aliphatic heterocycles. The van der Waals surface area contributed by atoms with Gasteiger partial charge in [0.2, 0.25) is 11.9 Å². The Kier molecular flexibility index (Phi) is 5.72. The number of phenolic OH excluding ortho intramolecular Hbond substituents is 1. The van der Waals surface area contributed by atoms with E-state index >= 15 is 0 Å². The van der Waals surface area contributed by atoms with Gasteiger partial charge in [-0.25, -0.2) is 4.98 Å². The zero-order valence-corrected chi connectivity index (χ0v) is 15.0. The summed E-state index contributed by atoms with van der Waals surface area (Å²) in [5.74, 6) is 0.559. The van der Waals surface area contributed by atoms with Crippen LogP contribution >= 0.6 is 11.6 Å². The van der Waals surface area contributed by atoms with Crippen LogP contribution in [0.2, 0.25) is 5.02 Å². The summed E-state index contributed by atoms with van der Waals surface area (Å²) in [6.07, 6.45) is 5.24. The van der Waals surface area contributed by atoms with Gasteiger partial charge in [0.1, 0.15) is 17.3 Å². The molecule has 1 amide bonds. The number of halogens is 1. The second kappa shape index (κ2) is 8.37. The van der Waals surface area contributed by atoms with Crippen molar-refractivity contribution in [3.8, 4) is 5.75 Å². The Morgan fingerprint density at radius 2 is 2.11 bits per heavy atom. The molecule has 0 atom stereocenters. The topological polar surface area (TPSA) is 131 Å². The number of rotatable bonds is 8. The van der Waals surface area contributed by atoms with Crippen molar-refractivity contribution in [2.75, 3.05) is 17.2 Å². The van der Waals surface area contributed by atoms with Crippen LogP contribution in [0.5, 0.6) is 5.75 Å². The summed E-state index contributed by atoms with van der Waals surface area (Å²) >= 11 is 6.14. The number of carbonyl (C=O) groups is 1. The molecule has 1 aromatic carbocycles. The standard InChI is InChI=1S/C17H18ClN7O2/c18-13-8-21-17(23-12-7-22-25(9-12)10-15(19)27)24-16(13)20-6-5-11-3-1-2-4-14(11)26/h1-4,7-9,26H,5-6,10H2,(H2,19,27)(H2,20,21,23,24). The van der Waals surface area contributed by atoms with Gasteiger partial charge in [-0.15, -0.1) is 0 Å². The van der Waals surface area contributed by atoms with Crippen molar-refractivity contribution in [1.29, 1.82) is 0 Å². The minimum Gasteiger partial charge on any atom is -0.508 e. The van der Waals surface area contributed by atoms with Crippen molar-refractivity contribution in [3.05, 3.63) is 53.4 Å². The Morgan fingerprint density at radius 3 is 2.89 bits per heavy atom. The van der Waals surface area contributed by atoms with Gasteiger partial charge < -0.3 is 21.5 Å². The molecule has 10 heteroatoms. The average Bonchev–Trinajstić information content (AvgIpc) is 3.05. The second-order valence-corrected chi connectivity index (χ2v) is 6.12. The number of carbonyl (C=O) groups excluding carboxylic acids is 1. The zero-order chi connectivity index (χ0) is 19.2. The summed E-state index contributed by atoms with van der Waals surface area (Å²) in [6.45, 7) is 0.520. The first-order valence-corrected chi connectivity index (χ1v) is 8.50. The molecule has 9 nitrogen and oxygen atoms in total. The van der Waals surface area contributed by atoms with Crippen LogP contribution < -0.4 is 16.4 Å². The Morgan fingerprint density at radius 1 is 1.30 bits per heavy atom. The molecule has 2 heterocycles. The normalized spacial score (nSPS) is 10.6. The van der Waals surface area contributed by atoms with Crippen molar-refractivity contribution in [2.24, 2.45) is 5.73 Å². The summed E-state index contributed by atoms with van der Waals surface area (Å²) in [4.78, 5) is 19.4. The second-order valence-electron chi connectivity index (χ2n) is 5.71. The fourth-order valence-corrected chi connectivity index (χ4v) is 2.55. The molecule has 0 spiro atoms. The van der Waals surface area contributed by atoms with Crippen LogP contribution in [0.15, 0.2) is 42.9 Å². The number of hydrogen-bond donors (Lipinski definition) is 4. The van der Waals surface area contributed by atoms with Crippen LogP contribution in [0.3, 0.4) is 0 Å². The van der Waals surface area contributed by atoms with E-state index in [4.69, 9.17) is 17.3 Å². The van der Waals surface area contributed by atoms with Crippen LogP contribution in [-0.4, -0.2) is 37.3 Å². The molecular formula is C17H18ClN7O2. The molecule has 27 heavy (non-hydrogen) atoms. The average molecular weight is 388 g/mol. The third-order valence-electron chi connectivity index (χ3n) is 3.63. The molecule has 2 aromatic heterocycles. The third kappa shape index (κ3) is 5.08. The number of anilines is 3. The maximum atomic E-state index is 10.9. The van der Waals surface area contributed by atoms with E-state index in [1.807, 2.05) is 12.1 Å². The van der Waals surface area contributed by atoms with E-state index in [0.29, 0.717) is 35.4 Å². The monoisotopic (exact) mass is 387 g/mol. The summed E-state index contributed by atoms with van der Waals surface area (Å²) in [6, 6.07) is 7.15. The highest BCUT2D eigenvalue weighted by molar-refractivity contribution is 6.32. The quantitative estimate of drug-likeness (QED) is 0.464. The van der Waals surface area contributed by atoms with Gasteiger partial charge in [0.05, 0.1) is 18.1 Å². The van der Waals surface area contributed by atoms with Crippen molar-refractivity contribution in [3.63, 3.8) is 0 Å². The summed E-state index contributed by atoms with van der Waals surface area (Å²) in [7, 11) is 0. The van der Waals surface area contributed by atoms with Gasteiger partial charge >= 0.3 is 0 Å². The Hall–Kier alpha value is -3.33. The number of nitrogens with two attached hydrogens (primary N) is 1. The largest absolute Gasteiger partial charge is 0.508 e. The van der Waals surface area contributed by atoms with Gasteiger partial charge in [0.15, 0.2) is 5.82 Å². The van der Waals surface area contributed by atoms with Gasteiger partial charge in [-0.05, 0) is 18.1 Å². The molecule has 0 aliphatic carbocycles. The van der Waals surface area contributed by atoms with E-state index in [9.17, 15) is 9.90 Å². The molecule has 0 bridgehead atoms. The lowest BCUT2D eigenvalue weighted by molar-refractivity contribution is -0.118. The first-order chi connectivity index (χ1) is 13.0. The Bertz CT molecular complexity index is 945. The zero-order valence-electron chi connectivity index (χ0n) is 14.3. The SMILES string of the molecule is NC(=O)Cn1cc(Nc2ncc(Cl)c(NCCc3ccccc3O)n2)cn1. The number of para-hydroxylation sites is 1. The maximum Gasteiger partial charge on any atom is 0.239 e. The molecule has 0 unspecified atom stereocenters. The number of nitrogens with one attached hydrogen (secondary N) is 2. The van der Waals surface area contributed by atoms with Crippen molar-refractivity contribution in [2.45, 2.75) is 13.0 Å². The van der Waals surface area contributed by atoms with Crippen LogP contribution in [-0.2, 0) is 17.8 Å². The fraction of sp³-hybridized carbons (Fsp3) is 0.176. The minimum absolute atomic E-state index is 0.0116. The predicted octanol–water partition coefficient (Wildman–Crippen LogP) is 1.92. The van der Waals surface area contributed by atoms with Crippen LogP contribution in [0.25, 0.3) is 0 Å². The number of aromatic nitrogens is 4. The highest BCUT2D eigenvalue weighted by Gasteiger charge is 2.08. The summed E-state index contributed by atoms with van der Waals surface area (Å²) < 4.78 is 1.41. The third-order valence-corrected chi connectivity index (χ3v) is 3.91. The Balaban J connectivity index is 1.62. The van der Waals surface area contributed by atoms with Crippen molar-refractivity contribution < 1.29 is 9.90 Å². The van der Waals surface area contributed by atoms with E-state index in [1.165, 1.54) is 17.1 Å². The van der Waals surface area contributed by atoms with Crippen molar-refractivity contribution in [1.82, 2.24) is 19.7 Å². The maximum absolute atomic E-state index is 10.9. The molecule has 140 valence electrons. The predicted molar refractivity (Wildman–Crippen MR) is 102 cm³/mol. The van der Waals surface area contributed by atoms with Crippen LogP contribution in [0.4, 0.5) is 17.5 Å². The smallest absolute Gasteiger partial charge is 0.239 e. The molecule has 0 aliphatic rings. The van der Waals surface area contributed by atoms with E-state index in [2.05, 4.69) is 25.7 Å². The van der Waals surface area contributed by atoms with Crippen molar-refractivity contribution >= 4 is 35.0 Å². The highest BCUT2D eigenvalue weighted by atomic mass is 35.5. The van der Waals surface area contributed by atoms with Gasteiger partial charge in [-0.1, -0.05) is 29.8 Å². The number of aromatic hydroxyl groups is 1. The number of hydrogen-bond acceptors (Lipinski definition) is 7. The number of benzene rings is 1. The lowest BCUT2D eigenvalue weighted by atomic mass is 10.1. The van der Waals surface area contributed by atoms with Gasteiger partial charge in [-0.3, -0.25) is 9.48 Å². The van der Waals surface area contributed by atoms with Gasteiger partial charge in [-0.2, -0.15) is 10.1 Å². The number of primary amides is 1. The molecule has 0 saturated heterocycles. The Labute approximate surface area is 160 Å². The van der Waals surface area contributed by atoms with E-state index in [-0.39, 0.29) is 12.3 Å². The van der Waals surface area contributed by atoms with E-state index in [0.717, 1.165) is 5.56 Å². The molecule has 3 rings (SSSR count). The first-order valence-electron chi connectivity index (χ1n) is 8.12. The molecule has 0 radical (unpaired) electrons. The number of phenols is 1. The number of amides is 1.